The molecule has 0 radical (unpaired) electrons. The van der Waals surface area contributed by atoms with Crippen molar-refractivity contribution in [2.24, 2.45) is 5.92 Å². The van der Waals surface area contributed by atoms with E-state index < -0.39 is 6.04 Å². The summed E-state index contributed by atoms with van der Waals surface area (Å²) in [5.41, 5.74) is 8.58. The number of nitrogens with two attached hydrogens (primary N) is 1. The molecule has 2 heterocycles. The van der Waals surface area contributed by atoms with Gasteiger partial charge in [0.1, 0.15) is 17.4 Å². The maximum Gasteiger partial charge on any atom is 0.256 e. The van der Waals surface area contributed by atoms with Crippen molar-refractivity contribution in [2.75, 3.05) is 31.9 Å². The van der Waals surface area contributed by atoms with Crippen LogP contribution in [0.15, 0.2) is 60.8 Å². The average Bonchev–Trinajstić information content (AvgIpc) is 3.44. The zero-order chi connectivity index (χ0) is 29.3. The molecular formula is C32H41N7O3. The van der Waals surface area contributed by atoms with Crippen LogP contribution in [0.1, 0.15) is 71.2 Å². The maximum absolute atomic E-state index is 13.4. The van der Waals surface area contributed by atoms with Crippen molar-refractivity contribution in [2.45, 2.75) is 57.5 Å². The first-order chi connectivity index (χ1) is 20.5. The smallest absolute Gasteiger partial charge is 0.256 e. The molecular weight excluding hydrogens is 530 g/mol. The van der Waals surface area contributed by atoms with Crippen LogP contribution < -0.4 is 21.7 Å². The van der Waals surface area contributed by atoms with Gasteiger partial charge in [0, 0.05) is 38.3 Å². The highest BCUT2D eigenvalue weighted by Crippen LogP contribution is 2.28. The molecule has 1 aliphatic carbocycles. The number of nitrogens with one attached hydrogen (secondary N) is 3. The minimum Gasteiger partial charge on any atom is -0.383 e. The lowest BCUT2D eigenvalue weighted by atomic mass is 9.85. The summed E-state index contributed by atoms with van der Waals surface area (Å²) in [6.07, 6.45) is 9.30. The summed E-state index contributed by atoms with van der Waals surface area (Å²) in [6, 6.07) is 15.9. The van der Waals surface area contributed by atoms with Crippen molar-refractivity contribution < 1.29 is 14.4 Å². The SMILES string of the molecule is Nc1c(C(=O)NCc2ccc(C(=O)N[C@@H](CCC3CCCCC3)C(=O)N3CCNCC3)cc2)cnn1-c1ccccc1. The lowest BCUT2D eigenvalue weighted by molar-refractivity contribution is -0.134. The van der Waals surface area contributed by atoms with Gasteiger partial charge in [0.25, 0.3) is 11.8 Å². The fourth-order valence-corrected chi connectivity index (χ4v) is 5.84. The number of anilines is 1. The minimum absolute atomic E-state index is 0.00912. The predicted molar refractivity (Wildman–Crippen MR) is 162 cm³/mol. The number of aromatic nitrogens is 2. The number of benzene rings is 2. The molecule has 0 unspecified atom stereocenters. The number of piperazine rings is 1. The molecule has 10 nitrogen and oxygen atoms in total. The number of carbonyl (C=O) groups excluding carboxylic acids is 3. The van der Waals surface area contributed by atoms with Crippen molar-refractivity contribution >= 4 is 23.5 Å². The van der Waals surface area contributed by atoms with Crippen LogP contribution in [0.2, 0.25) is 0 Å². The zero-order valence-corrected chi connectivity index (χ0v) is 24.1. The third-order valence-corrected chi connectivity index (χ3v) is 8.34. The summed E-state index contributed by atoms with van der Waals surface area (Å²) in [5, 5.41) is 13.5. The molecule has 5 rings (SSSR count). The van der Waals surface area contributed by atoms with Crippen LogP contribution in [-0.4, -0.2) is 64.6 Å². The van der Waals surface area contributed by atoms with Gasteiger partial charge >= 0.3 is 0 Å². The van der Waals surface area contributed by atoms with Gasteiger partial charge in [0.05, 0.1) is 11.9 Å². The van der Waals surface area contributed by atoms with E-state index in [0.29, 0.717) is 36.6 Å². The number of nitrogen functional groups attached to an aromatic ring is 1. The number of hydrogen-bond acceptors (Lipinski definition) is 6. The highest BCUT2D eigenvalue weighted by Gasteiger charge is 2.28. The van der Waals surface area contributed by atoms with Gasteiger partial charge in [-0.1, -0.05) is 62.4 Å². The molecule has 2 aromatic carbocycles. The number of para-hydroxylation sites is 1. The van der Waals surface area contributed by atoms with Crippen LogP contribution in [0, 0.1) is 5.92 Å². The van der Waals surface area contributed by atoms with Gasteiger partial charge in [-0.05, 0) is 48.6 Å². The molecule has 3 aromatic rings. The van der Waals surface area contributed by atoms with E-state index in [4.69, 9.17) is 5.73 Å². The summed E-state index contributed by atoms with van der Waals surface area (Å²) in [6.45, 7) is 3.13. The van der Waals surface area contributed by atoms with Crippen molar-refractivity contribution in [1.29, 1.82) is 0 Å². The summed E-state index contributed by atoms with van der Waals surface area (Å²) >= 11 is 0. The minimum atomic E-state index is -0.529. The monoisotopic (exact) mass is 571 g/mol. The molecule has 2 fully saturated rings. The Morgan fingerprint density at radius 1 is 0.952 bits per heavy atom. The second kappa shape index (κ2) is 14.1. The molecule has 222 valence electrons. The first-order valence-electron chi connectivity index (χ1n) is 15.1. The van der Waals surface area contributed by atoms with Crippen LogP contribution >= 0.6 is 0 Å². The molecule has 1 saturated carbocycles. The Labute approximate surface area is 247 Å². The highest BCUT2D eigenvalue weighted by atomic mass is 16.2. The Balaban J connectivity index is 1.17. The van der Waals surface area contributed by atoms with Gasteiger partial charge in [-0.2, -0.15) is 5.10 Å². The second-order valence-electron chi connectivity index (χ2n) is 11.3. The molecule has 5 N–H and O–H groups in total. The second-order valence-corrected chi connectivity index (χ2v) is 11.3. The Morgan fingerprint density at radius 2 is 1.67 bits per heavy atom. The number of carbonyl (C=O) groups is 3. The van der Waals surface area contributed by atoms with Gasteiger partial charge in [-0.3, -0.25) is 14.4 Å². The largest absolute Gasteiger partial charge is 0.383 e. The highest BCUT2D eigenvalue weighted by molar-refractivity contribution is 5.99. The molecule has 1 aromatic heterocycles. The average molecular weight is 572 g/mol. The Hall–Kier alpha value is -4.18. The lowest BCUT2D eigenvalue weighted by Gasteiger charge is -2.32. The molecule has 3 amide bonds. The third-order valence-electron chi connectivity index (χ3n) is 8.34. The van der Waals surface area contributed by atoms with Gasteiger partial charge in [-0.25, -0.2) is 4.68 Å². The molecule has 42 heavy (non-hydrogen) atoms. The molecule has 10 heteroatoms. The van der Waals surface area contributed by atoms with E-state index in [9.17, 15) is 14.4 Å². The van der Waals surface area contributed by atoms with Crippen molar-refractivity contribution in [3.05, 3.63) is 77.5 Å². The molecule has 1 atom stereocenters. The predicted octanol–water partition coefficient (Wildman–Crippen LogP) is 3.28. The quantitative estimate of drug-likeness (QED) is 0.295. The van der Waals surface area contributed by atoms with Gasteiger partial charge in [0.2, 0.25) is 5.91 Å². The fraction of sp³-hybridized carbons (Fsp3) is 0.438. The third kappa shape index (κ3) is 7.36. The van der Waals surface area contributed by atoms with Gasteiger partial charge in [-0.15, -0.1) is 0 Å². The van der Waals surface area contributed by atoms with Gasteiger partial charge in [0.15, 0.2) is 0 Å². The van der Waals surface area contributed by atoms with Crippen molar-refractivity contribution in [3.8, 4) is 5.69 Å². The van der Waals surface area contributed by atoms with E-state index in [1.807, 2.05) is 35.2 Å². The van der Waals surface area contributed by atoms with E-state index in [1.54, 1.807) is 24.3 Å². The van der Waals surface area contributed by atoms with Crippen LogP contribution in [0.5, 0.6) is 0 Å². The summed E-state index contributed by atoms with van der Waals surface area (Å²) in [7, 11) is 0. The van der Waals surface area contributed by atoms with Gasteiger partial charge < -0.3 is 26.6 Å². The summed E-state index contributed by atoms with van der Waals surface area (Å²) in [4.78, 5) is 41.3. The summed E-state index contributed by atoms with van der Waals surface area (Å²) in [5.74, 6) is 0.313. The van der Waals surface area contributed by atoms with E-state index >= 15 is 0 Å². The van der Waals surface area contributed by atoms with E-state index in [2.05, 4.69) is 21.0 Å². The van der Waals surface area contributed by atoms with Crippen molar-refractivity contribution in [3.63, 3.8) is 0 Å². The van der Waals surface area contributed by atoms with Crippen LogP contribution in [0.4, 0.5) is 5.82 Å². The molecule has 1 saturated heterocycles. The molecule has 0 spiro atoms. The normalized spacial score (nSPS) is 16.5. The summed E-state index contributed by atoms with van der Waals surface area (Å²) < 4.78 is 1.53. The molecule has 1 aliphatic heterocycles. The zero-order valence-electron chi connectivity index (χ0n) is 24.1. The van der Waals surface area contributed by atoms with E-state index in [0.717, 1.165) is 30.8 Å². The van der Waals surface area contributed by atoms with Crippen LogP contribution in [0.3, 0.4) is 0 Å². The standard InChI is InChI=1S/C32H41N7O3/c33-29-27(22-36-39(29)26-9-5-2-6-10-26)31(41)35-21-24-11-14-25(15-12-24)30(40)37-28(16-13-23-7-3-1-4-8-23)32(42)38-19-17-34-18-20-38/h2,5-6,9-12,14-15,22-23,28,34H,1,3-4,7-8,13,16-21,33H2,(H,35,41)(H,37,40)/t28-/m0/s1. The lowest BCUT2D eigenvalue weighted by Crippen LogP contribution is -2.54. The van der Waals surface area contributed by atoms with Crippen LogP contribution in [-0.2, 0) is 11.3 Å². The Bertz CT molecular complexity index is 1340. The molecule has 2 aliphatic rings. The van der Waals surface area contributed by atoms with Crippen LogP contribution in [0.25, 0.3) is 5.69 Å². The first kappa shape index (κ1) is 29.3. The van der Waals surface area contributed by atoms with E-state index in [1.165, 1.54) is 43.0 Å². The maximum atomic E-state index is 13.4. The number of rotatable bonds is 10. The van der Waals surface area contributed by atoms with Crippen molar-refractivity contribution in [1.82, 2.24) is 30.6 Å². The van der Waals surface area contributed by atoms with E-state index in [-0.39, 0.29) is 30.1 Å². The number of hydrogen-bond donors (Lipinski definition) is 4. The fourth-order valence-electron chi connectivity index (χ4n) is 5.84. The number of nitrogens with zero attached hydrogens (tertiary/aromatic N) is 3. The molecule has 0 bridgehead atoms. The topological polar surface area (TPSA) is 134 Å². The first-order valence-corrected chi connectivity index (χ1v) is 15.1. The Kier molecular flexibility index (Phi) is 9.86. The number of amides is 3. The Morgan fingerprint density at radius 3 is 2.38 bits per heavy atom.